The van der Waals surface area contributed by atoms with Gasteiger partial charge in [-0.15, -0.1) is 12.4 Å². The fourth-order valence-corrected chi connectivity index (χ4v) is 2.59. The average Bonchev–Trinajstić information content (AvgIpc) is 2.57. The Kier molecular flexibility index (Phi) is 8.49. The Morgan fingerprint density at radius 2 is 2.08 bits per heavy atom. The lowest BCUT2D eigenvalue weighted by Crippen LogP contribution is -2.47. The van der Waals surface area contributed by atoms with Crippen LogP contribution in [0.2, 0.25) is 0 Å². The van der Waals surface area contributed by atoms with E-state index >= 15 is 0 Å². The second-order valence-electron chi connectivity index (χ2n) is 5.63. The van der Waals surface area contributed by atoms with Crippen molar-refractivity contribution in [1.29, 1.82) is 0 Å². The van der Waals surface area contributed by atoms with Gasteiger partial charge in [0.05, 0.1) is 11.6 Å². The van der Waals surface area contributed by atoms with E-state index in [0.29, 0.717) is 26.2 Å². The molecule has 2 rings (SSSR count). The third-order valence-electron chi connectivity index (χ3n) is 3.87. The maximum atomic E-state index is 13.6. The van der Waals surface area contributed by atoms with E-state index in [1.54, 1.807) is 17.0 Å². The number of nitrogens with zero attached hydrogens (tertiary/aromatic N) is 1. The first-order valence-corrected chi connectivity index (χ1v) is 7.90. The Hall–Kier alpha value is -1.86. The zero-order valence-corrected chi connectivity index (χ0v) is 14.3. The predicted molar refractivity (Wildman–Crippen MR) is 93.6 cm³/mol. The largest absolute Gasteiger partial charge is 0.356 e. The fraction of sp³-hybridized carbons (Fsp3) is 0.500. The number of halogens is 2. The van der Waals surface area contributed by atoms with Crippen LogP contribution in [0.15, 0.2) is 24.3 Å². The number of benzene rings is 1. The molecular formula is C16H24ClFN4O2. The number of rotatable bonds is 5. The van der Waals surface area contributed by atoms with E-state index in [1.165, 1.54) is 12.1 Å². The molecule has 0 spiro atoms. The Morgan fingerprint density at radius 1 is 1.33 bits per heavy atom. The summed E-state index contributed by atoms with van der Waals surface area (Å²) in [5.74, 6) is -0.760. The number of carbonyl (C=O) groups is 2. The predicted octanol–water partition coefficient (Wildman–Crippen LogP) is 1.96. The normalized spacial score (nSPS) is 16.9. The van der Waals surface area contributed by atoms with Crippen LogP contribution in [0, 0.1) is 11.7 Å². The number of urea groups is 1. The summed E-state index contributed by atoms with van der Waals surface area (Å²) in [5, 5.41) is 5.39. The molecule has 3 amide bonds. The minimum absolute atomic E-state index is 0. The van der Waals surface area contributed by atoms with Gasteiger partial charge >= 0.3 is 6.03 Å². The topological polar surface area (TPSA) is 87.5 Å². The molecule has 1 aliphatic heterocycles. The maximum Gasteiger partial charge on any atom is 0.321 e. The summed E-state index contributed by atoms with van der Waals surface area (Å²) in [6.07, 6.45) is 2.23. The standard InChI is InChI=1S/C16H23FN4O2.ClH/c17-13-6-1-2-7-14(13)20-16(23)21-10-3-5-12(11-21)15(22)19-9-4-8-18;/h1-2,6-7,12H,3-5,8-11,18H2,(H,19,22)(H,20,23);1H. The molecule has 1 aliphatic rings. The second kappa shape index (κ2) is 10.1. The summed E-state index contributed by atoms with van der Waals surface area (Å²) in [7, 11) is 0. The van der Waals surface area contributed by atoms with E-state index in [4.69, 9.17) is 5.73 Å². The molecule has 1 atom stereocenters. The number of piperidine rings is 1. The van der Waals surface area contributed by atoms with Crippen molar-refractivity contribution in [3.05, 3.63) is 30.1 Å². The van der Waals surface area contributed by atoms with Crippen LogP contribution in [0.5, 0.6) is 0 Å². The second-order valence-corrected chi connectivity index (χ2v) is 5.63. The molecule has 1 aromatic carbocycles. The van der Waals surface area contributed by atoms with E-state index < -0.39 is 5.82 Å². The number of hydrogen-bond donors (Lipinski definition) is 3. The molecule has 1 heterocycles. The molecule has 0 radical (unpaired) electrons. The number of likely N-dealkylation sites (tertiary alicyclic amines) is 1. The highest BCUT2D eigenvalue weighted by atomic mass is 35.5. The summed E-state index contributed by atoms with van der Waals surface area (Å²) in [4.78, 5) is 25.9. The van der Waals surface area contributed by atoms with Crippen molar-refractivity contribution in [1.82, 2.24) is 10.2 Å². The minimum atomic E-state index is -0.478. The van der Waals surface area contributed by atoms with Gasteiger partial charge in [-0.05, 0) is 37.9 Å². The highest BCUT2D eigenvalue weighted by Gasteiger charge is 2.28. The first kappa shape index (κ1) is 20.2. The van der Waals surface area contributed by atoms with Gasteiger partial charge in [0.2, 0.25) is 5.91 Å². The lowest BCUT2D eigenvalue weighted by Gasteiger charge is -2.32. The smallest absolute Gasteiger partial charge is 0.321 e. The van der Waals surface area contributed by atoms with E-state index in [-0.39, 0.29) is 36.0 Å². The lowest BCUT2D eigenvalue weighted by atomic mass is 9.97. The van der Waals surface area contributed by atoms with Gasteiger partial charge in [-0.1, -0.05) is 12.1 Å². The molecule has 24 heavy (non-hydrogen) atoms. The van der Waals surface area contributed by atoms with E-state index in [1.807, 2.05) is 0 Å². The molecular weight excluding hydrogens is 335 g/mol. The summed E-state index contributed by atoms with van der Waals surface area (Å²) < 4.78 is 13.6. The monoisotopic (exact) mass is 358 g/mol. The number of nitrogens with one attached hydrogen (secondary N) is 2. The number of nitrogens with two attached hydrogens (primary N) is 1. The average molecular weight is 359 g/mol. The highest BCUT2D eigenvalue weighted by molar-refractivity contribution is 5.90. The third-order valence-corrected chi connectivity index (χ3v) is 3.87. The molecule has 1 fully saturated rings. The van der Waals surface area contributed by atoms with Crippen molar-refractivity contribution in [2.24, 2.45) is 11.7 Å². The molecule has 0 aromatic heterocycles. The molecule has 1 unspecified atom stereocenters. The van der Waals surface area contributed by atoms with Crippen molar-refractivity contribution in [2.75, 3.05) is 31.5 Å². The SMILES string of the molecule is Cl.NCCCNC(=O)C1CCCN(C(=O)Nc2ccccc2F)C1. The number of anilines is 1. The fourth-order valence-electron chi connectivity index (χ4n) is 2.59. The van der Waals surface area contributed by atoms with Crippen LogP contribution in [0.25, 0.3) is 0 Å². The molecule has 134 valence electrons. The Bertz CT molecular complexity index is 559. The van der Waals surface area contributed by atoms with Gasteiger partial charge in [0.1, 0.15) is 5.82 Å². The van der Waals surface area contributed by atoms with Crippen molar-refractivity contribution >= 4 is 30.0 Å². The van der Waals surface area contributed by atoms with Crippen LogP contribution in [0.3, 0.4) is 0 Å². The lowest BCUT2D eigenvalue weighted by molar-refractivity contribution is -0.126. The van der Waals surface area contributed by atoms with Crippen LogP contribution in [0.4, 0.5) is 14.9 Å². The zero-order chi connectivity index (χ0) is 16.7. The van der Waals surface area contributed by atoms with Crippen molar-refractivity contribution in [2.45, 2.75) is 19.3 Å². The number of carbonyl (C=O) groups excluding carboxylic acids is 2. The first-order valence-electron chi connectivity index (χ1n) is 7.90. The van der Waals surface area contributed by atoms with Crippen LogP contribution >= 0.6 is 12.4 Å². The Balaban J connectivity index is 0.00000288. The van der Waals surface area contributed by atoms with Gasteiger partial charge in [0.25, 0.3) is 0 Å². The number of hydrogen-bond acceptors (Lipinski definition) is 3. The minimum Gasteiger partial charge on any atom is -0.356 e. The van der Waals surface area contributed by atoms with Crippen LogP contribution < -0.4 is 16.4 Å². The van der Waals surface area contributed by atoms with Gasteiger partial charge in [0.15, 0.2) is 0 Å². The summed E-state index contributed by atoms with van der Waals surface area (Å²) in [6.45, 7) is 1.98. The summed E-state index contributed by atoms with van der Waals surface area (Å²) in [5.41, 5.74) is 5.54. The molecule has 8 heteroatoms. The van der Waals surface area contributed by atoms with Gasteiger partial charge in [-0.2, -0.15) is 0 Å². The number of para-hydroxylation sites is 1. The van der Waals surface area contributed by atoms with E-state index in [0.717, 1.165) is 19.3 Å². The van der Waals surface area contributed by atoms with Gasteiger partial charge in [0, 0.05) is 19.6 Å². The molecule has 0 bridgehead atoms. The maximum absolute atomic E-state index is 13.6. The molecule has 0 aliphatic carbocycles. The van der Waals surface area contributed by atoms with Gasteiger partial charge in [-0.3, -0.25) is 4.79 Å². The van der Waals surface area contributed by atoms with Crippen molar-refractivity contribution in [3.63, 3.8) is 0 Å². The van der Waals surface area contributed by atoms with Gasteiger partial charge < -0.3 is 21.3 Å². The third kappa shape index (κ3) is 5.65. The van der Waals surface area contributed by atoms with E-state index in [2.05, 4.69) is 10.6 Å². The highest BCUT2D eigenvalue weighted by Crippen LogP contribution is 2.19. The molecule has 6 nitrogen and oxygen atoms in total. The molecule has 1 saturated heterocycles. The molecule has 0 saturated carbocycles. The van der Waals surface area contributed by atoms with Gasteiger partial charge in [-0.25, -0.2) is 9.18 Å². The van der Waals surface area contributed by atoms with Crippen LogP contribution in [-0.4, -0.2) is 43.0 Å². The summed E-state index contributed by atoms with van der Waals surface area (Å²) >= 11 is 0. The summed E-state index contributed by atoms with van der Waals surface area (Å²) in [6, 6.07) is 5.64. The Morgan fingerprint density at radius 3 is 2.79 bits per heavy atom. The van der Waals surface area contributed by atoms with Crippen LogP contribution in [-0.2, 0) is 4.79 Å². The molecule has 4 N–H and O–H groups in total. The van der Waals surface area contributed by atoms with Crippen molar-refractivity contribution in [3.8, 4) is 0 Å². The first-order chi connectivity index (χ1) is 11.1. The Labute approximate surface area is 147 Å². The van der Waals surface area contributed by atoms with E-state index in [9.17, 15) is 14.0 Å². The quantitative estimate of drug-likeness (QED) is 0.703. The number of amides is 3. The molecule has 1 aromatic rings. The zero-order valence-electron chi connectivity index (χ0n) is 13.5. The van der Waals surface area contributed by atoms with Crippen molar-refractivity contribution < 1.29 is 14.0 Å². The van der Waals surface area contributed by atoms with Crippen LogP contribution in [0.1, 0.15) is 19.3 Å².